The van der Waals surface area contributed by atoms with Crippen LogP contribution in [0.25, 0.3) is 0 Å². The van der Waals surface area contributed by atoms with Crippen LogP contribution in [0.2, 0.25) is 0 Å². The fourth-order valence-electron chi connectivity index (χ4n) is 2.91. The van der Waals surface area contributed by atoms with Gasteiger partial charge in [0.15, 0.2) is 5.13 Å². The van der Waals surface area contributed by atoms with Gasteiger partial charge in [-0.2, -0.15) is 0 Å². The SMILES string of the molecule is Nc1nc(NC2CCN(C=CC=O)CC2)sc1C(=O)c1c(F)cccc1F. The lowest BCUT2D eigenvalue weighted by molar-refractivity contribution is -0.104. The van der Waals surface area contributed by atoms with E-state index in [-0.39, 0.29) is 16.7 Å². The molecular formula is C18H18F2N4O2S. The standard InChI is InChI=1S/C18H18F2N4O2S/c19-12-3-1-4-13(20)14(12)15(26)16-17(21)23-18(27-16)22-11-5-8-24(9-6-11)7-2-10-25/h1-4,7,10-11H,5-6,8-9,21H2,(H,22,23). The first-order valence-corrected chi connectivity index (χ1v) is 9.18. The van der Waals surface area contributed by atoms with E-state index < -0.39 is 23.0 Å². The summed E-state index contributed by atoms with van der Waals surface area (Å²) in [6.07, 6.45) is 5.57. The number of nitrogens with zero attached hydrogens (tertiary/aromatic N) is 2. The molecule has 0 spiro atoms. The minimum Gasteiger partial charge on any atom is -0.382 e. The molecule has 1 aliphatic heterocycles. The molecule has 0 bridgehead atoms. The van der Waals surface area contributed by atoms with Crippen molar-refractivity contribution in [1.82, 2.24) is 9.88 Å². The Bertz CT molecular complexity index is 856. The number of allylic oxidation sites excluding steroid dienone is 1. The van der Waals surface area contributed by atoms with Gasteiger partial charge in [-0.3, -0.25) is 9.59 Å². The van der Waals surface area contributed by atoms with Gasteiger partial charge in [0.2, 0.25) is 5.78 Å². The highest BCUT2D eigenvalue weighted by molar-refractivity contribution is 7.18. The van der Waals surface area contributed by atoms with Crippen molar-refractivity contribution in [3.63, 3.8) is 0 Å². The first kappa shape index (κ1) is 19.0. The molecule has 142 valence electrons. The topological polar surface area (TPSA) is 88.3 Å². The number of nitrogen functional groups attached to an aromatic ring is 1. The van der Waals surface area contributed by atoms with Crippen LogP contribution in [0.5, 0.6) is 0 Å². The van der Waals surface area contributed by atoms with E-state index in [2.05, 4.69) is 10.3 Å². The van der Waals surface area contributed by atoms with Crippen molar-refractivity contribution in [3.05, 3.63) is 52.6 Å². The highest BCUT2D eigenvalue weighted by Gasteiger charge is 2.25. The Hall–Kier alpha value is -2.81. The zero-order valence-electron chi connectivity index (χ0n) is 14.3. The third-order valence-electron chi connectivity index (χ3n) is 4.28. The van der Waals surface area contributed by atoms with Gasteiger partial charge in [-0.1, -0.05) is 17.4 Å². The zero-order valence-corrected chi connectivity index (χ0v) is 15.1. The molecule has 9 heteroatoms. The van der Waals surface area contributed by atoms with Crippen LogP contribution in [-0.2, 0) is 4.79 Å². The van der Waals surface area contributed by atoms with Crippen molar-refractivity contribution in [3.8, 4) is 0 Å². The number of ketones is 1. The third-order valence-corrected chi connectivity index (χ3v) is 5.28. The fourth-order valence-corrected chi connectivity index (χ4v) is 3.82. The van der Waals surface area contributed by atoms with E-state index in [1.54, 1.807) is 6.20 Å². The van der Waals surface area contributed by atoms with Gasteiger partial charge in [0, 0.05) is 25.3 Å². The molecule has 0 radical (unpaired) electrons. The second kappa shape index (κ2) is 8.26. The van der Waals surface area contributed by atoms with Crippen molar-refractivity contribution in [2.75, 3.05) is 24.1 Å². The van der Waals surface area contributed by atoms with E-state index in [0.29, 0.717) is 5.13 Å². The van der Waals surface area contributed by atoms with Crippen LogP contribution in [0, 0.1) is 11.6 Å². The molecule has 0 unspecified atom stereocenters. The number of carbonyl (C=O) groups excluding carboxylic acids is 2. The molecule has 0 atom stereocenters. The Morgan fingerprint density at radius 3 is 2.59 bits per heavy atom. The van der Waals surface area contributed by atoms with Gasteiger partial charge in [0.25, 0.3) is 0 Å². The minimum atomic E-state index is -0.932. The Balaban J connectivity index is 1.69. The fraction of sp³-hybridized carbons (Fsp3) is 0.278. The van der Waals surface area contributed by atoms with Gasteiger partial charge in [-0.05, 0) is 31.1 Å². The summed E-state index contributed by atoms with van der Waals surface area (Å²) in [5.74, 6) is -2.74. The highest BCUT2D eigenvalue weighted by atomic mass is 32.1. The van der Waals surface area contributed by atoms with Gasteiger partial charge < -0.3 is 16.0 Å². The van der Waals surface area contributed by atoms with Crippen molar-refractivity contribution in [2.24, 2.45) is 0 Å². The van der Waals surface area contributed by atoms with Crippen molar-refractivity contribution < 1.29 is 18.4 Å². The number of nitrogens with two attached hydrogens (primary N) is 1. The molecule has 27 heavy (non-hydrogen) atoms. The molecule has 1 aromatic carbocycles. The lowest BCUT2D eigenvalue weighted by atomic mass is 10.1. The number of hydrogen-bond acceptors (Lipinski definition) is 7. The van der Waals surface area contributed by atoms with Gasteiger partial charge in [0.1, 0.15) is 28.6 Å². The molecule has 2 aromatic rings. The van der Waals surface area contributed by atoms with Crippen LogP contribution in [0.3, 0.4) is 0 Å². The quantitative estimate of drug-likeness (QED) is 0.447. The Morgan fingerprint density at radius 2 is 1.96 bits per heavy atom. The van der Waals surface area contributed by atoms with Gasteiger partial charge in [-0.15, -0.1) is 0 Å². The van der Waals surface area contributed by atoms with E-state index in [0.717, 1.165) is 55.7 Å². The maximum atomic E-state index is 13.9. The number of hydrogen-bond donors (Lipinski definition) is 2. The van der Waals surface area contributed by atoms with Gasteiger partial charge >= 0.3 is 0 Å². The predicted molar refractivity (Wildman–Crippen MR) is 99.7 cm³/mol. The van der Waals surface area contributed by atoms with Gasteiger partial charge in [0.05, 0.1) is 5.56 Å². The number of piperidine rings is 1. The monoisotopic (exact) mass is 392 g/mol. The molecule has 1 saturated heterocycles. The molecule has 1 fully saturated rings. The zero-order chi connectivity index (χ0) is 19.4. The summed E-state index contributed by atoms with van der Waals surface area (Å²) >= 11 is 0.984. The average Bonchev–Trinajstić information content (AvgIpc) is 3.01. The van der Waals surface area contributed by atoms with Crippen LogP contribution in [0.4, 0.5) is 19.7 Å². The minimum absolute atomic E-state index is 0.00727. The maximum Gasteiger partial charge on any atom is 0.212 e. The van der Waals surface area contributed by atoms with Crippen LogP contribution >= 0.6 is 11.3 Å². The summed E-state index contributed by atoms with van der Waals surface area (Å²) in [4.78, 5) is 29.0. The van der Waals surface area contributed by atoms with Crippen LogP contribution < -0.4 is 11.1 Å². The molecular weight excluding hydrogens is 374 g/mol. The third kappa shape index (κ3) is 4.30. The number of rotatable bonds is 6. The maximum absolute atomic E-state index is 13.9. The number of benzene rings is 1. The van der Waals surface area contributed by atoms with E-state index in [9.17, 15) is 18.4 Å². The summed E-state index contributed by atoms with van der Waals surface area (Å²) in [6.45, 7) is 1.55. The molecule has 3 rings (SSSR count). The first-order valence-electron chi connectivity index (χ1n) is 8.37. The number of nitrogens with one attached hydrogen (secondary N) is 1. The summed E-state index contributed by atoms with van der Waals surface area (Å²) in [7, 11) is 0. The number of aromatic nitrogens is 1. The second-order valence-corrected chi connectivity index (χ2v) is 7.09. The normalized spacial score (nSPS) is 15.3. The Kier molecular flexibility index (Phi) is 5.80. The summed E-state index contributed by atoms with van der Waals surface area (Å²) in [5.41, 5.74) is 5.18. The Labute approximate surface area is 158 Å². The number of likely N-dealkylation sites (tertiary alicyclic amines) is 1. The molecule has 1 aromatic heterocycles. The number of aldehydes is 1. The second-order valence-electron chi connectivity index (χ2n) is 6.09. The van der Waals surface area contributed by atoms with Gasteiger partial charge in [-0.25, -0.2) is 13.8 Å². The van der Waals surface area contributed by atoms with Crippen LogP contribution in [0.15, 0.2) is 30.5 Å². The highest BCUT2D eigenvalue weighted by Crippen LogP contribution is 2.30. The molecule has 2 heterocycles. The molecule has 0 amide bonds. The molecule has 0 aliphatic carbocycles. The Morgan fingerprint density at radius 1 is 1.30 bits per heavy atom. The molecule has 3 N–H and O–H groups in total. The van der Waals surface area contributed by atoms with Crippen LogP contribution in [-0.4, -0.2) is 41.1 Å². The number of carbonyl (C=O) groups is 2. The average molecular weight is 392 g/mol. The van der Waals surface area contributed by atoms with Crippen molar-refractivity contribution >= 4 is 34.4 Å². The van der Waals surface area contributed by atoms with Crippen molar-refractivity contribution in [1.29, 1.82) is 0 Å². The van der Waals surface area contributed by atoms with Crippen LogP contribution in [0.1, 0.15) is 28.1 Å². The lowest BCUT2D eigenvalue weighted by Gasteiger charge is -2.31. The summed E-state index contributed by atoms with van der Waals surface area (Å²) in [5, 5.41) is 3.66. The number of anilines is 2. The number of halogens is 2. The van der Waals surface area contributed by atoms with E-state index in [1.807, 2.05) is 4.90 Å². The van der Waals surface area contributed by atoms with E-state index in [1.165, 1.54) is 12.1 Å². The first-order chi connectivity index (χ1) is 13.0. The molecule has 0 saturated carbocycles. The smallest absolute Gasteiger partial charge is 0.212 e. The molecule has 1 aliphatic rings. The summed E-state index contributed by atoms with van der Waals surface area (Å²) < 4.78 is 27.7. The predicted octanol–water partition coefficient (Wildman–Crippen LogP) is 2.82. The molecule has 6 nitrogen and oxygen atoms in total. The number of thiazole rings is 1. The largest absolute Gasteiger partial charge is 0.382 e. The van der Waals surface area contributed by atoms with E-state index in [4.69, 9.17) is 5.73 Å². The lowest BCUT2D eigenvalue weighted by Crippen LogP contribution is -2.36. The summed E-state index contributed by atoms with van der Waals surface area (Å²) in [6, 6.07) is 3.38. The van der Waals surface area contributed by atoms with E-state index >= 15 is 0 Å². The van der Waals surface area contributed by atoms with Crippen molar-refractivity contribution in [2.45, 2.75) is 18.9 Å².